The number of rotatable bonds is 9. The quantitative estimate of drug-likeness (QED) is 0.0852. The summed E-state index contributed by atoms with van der Waals surface area (Å²) in [7, 11) is 3.96. The van der Waals surface area contributed by atoms with Crippen LogP contribution in [0.25, 0.3) is 22.0 Å². The van der Waals surface area contributed by atoms with E-state index in [4.69, 9.17) is 21.1 Å². The zero-order valence-electron chi connectivity index (χ0n) is 23.4. The lowest BCUT2D eigenvalue weighted by molar-refractivity contribution is 0.0728. The summed E-state index contributed by atoms with van der Waals surface area (Å²) in [5.74, 6) is -0.285. The number of benzene rings is 4. The van der Waals surface area contributed by atoms with Gasteiger partial charge in [-0.05, 0) is 78.7 Å². The molecule has 8 nitrogen and oxygen atoms in total. The van der Waals surface area contributed by atoms with E-state index in [0.717, 1.165) is 27.7 Å². The zero-order valence-corrected chi connectivity index (χ0v) is 24.1. The number of ether oxygens (including phenoxy) is 2. The topological polar surface area (TPSA) is 96.0 Å². The Kier molecular flexibility index (Phi) is 8.55. The first kappa shape index (κ1) is 28.4. The molecule has 1 amide bonds. The monoisotopic (exact) mass is 580 g/mol. The first-order chi connectivity index (χ1) is 20.3. The molecule has 0 aliphatic carbocycles. The summed E-state index contributed by atoms with van der Waals surface area (Å²) in [5.41, 5.74) is 7.62. The third-order valence-electron chi connectivity index (χ3n) is 6.52. The first-order valence-electron chi connectivity index (χ1n) is 13.3. The summed E-state index contributed by atoms with van der Waals surface area (Å²) in [5, 5.41) is 5.65. The van der Waals surface area contributed by atoms with E-state index < -0.39 is 5.97 Å². The molecule has 0 atom stereocenters. The summed E-state index contributed by atoms with van der Waals surface area (Å²) in [4.78, 5) is 31.2. The van der Waals surface area contributed by atoms with Crippen molar-refractivity contribution in [2.24, 2.45) is 5.10 Å². The molecular formula is C33H29ClN4O4. The fourth-order valence-corrected chi connectivity index (χ4v) is 4.58. The molecule has 0 saturated carbocycles. The summed E-state index contributed by atoms with van der Waals surface area (Å²) in [6, 6.07) is 27.2. The molecule has 0 aliphatic heterocycles. The predicted molar refractivity (Wildman–Crippen MR) is 167 cm³/mol. The number of aromatic nitrogens is 1. The molecule has 1 aromatic heterocycles. The van der Waals surface area contributed by atoms with E-state index >= 15 is 0 Å². The number of amides is 1. The van der Waals surface area contributed by atoms with Gasteiger partial charge in [0.25, 0.3) is 5.91 Å². The minimum Gasteiger partial charge on any atom is -0.490 e. The molecule has 5 rings (SSSR count). The summed E-state index contributed by atoms with van der Waals surface area (Å²) in [6.07, 6.45) is 1.50. The van der Waals surface area contributed by atoms with Crippen LogP contribution in [0.3, 0.4) is 0 Å². The number of aromatic amines is 1. The van der Waals surface area contributed by atoms with Gasteiger partial charge in [0.05, 0.1) is 18.4 Å². The van der Waals surface area contributed by atoms with Gasteiger partial charge in [-0.3, -0.25) is 4.79 Å². The number of esters is 1. The molecule has 2 N–H and O–H groups in total. The molecular weight excluding hydrogens is 552 g/mol. The van der Waals surface area contributed by atoms with Gasteiger partial charge in [0.1, 0.15) is 5.69 Å². The lowest BCUT2D eigenvalue weighted by Gasteiger charge is -2.12. The molecule has 0 radical (unpaired) electrons. The van der Waals surface area contributed by atoms with Crippen molar-refractivity contribution in [1.82, 2.24) is 10.4 Å². The smallest absolute Gasteiger partial charge is 0.343 e. The summed E-state index contributed by atoms with van der Waals surface area (Å²) >= 11 is 5.91. The maximum absolute atomic E-state index is 13.4. The Morgan fingerprint density at radius 2 is 1.71 bits per heavy atom. The van der Waals surface area contributed by atoms with Gasteiger partial charge in [-0.25, -0.2) is 10.2 Å². The van der Waals surface area contributed by atoms with Gasteiger partial charge in [-0.15, -0.1) is 0 Å². The van der Waals surface area contributed by atoms with E-state index in [2.05, 4.69) is 21.6 Å². The Hall–Kier alpha value is -5.08. The van der Waals surface area contributed by atoms with Gasteiger partial charge in [0, 0.05) is 41.3 Å². The summed E-state index contributed by atoms with van der Waals surface area (Å²) < 4.78 is 11.3. The highest BCUT2D eigenvalue weighted by atomic mass is 35.5. The molecule has 1 heterocycles. The van der Waals surface area contributed by atoms with Crippen LogP contribution in [0.2, 0.25) is 5.02 Å². The lowest BCUT2D eigenvalue weighted by atomic mass is 10.0. The SMILES string of the molecule is CCOc1cc(C=NNC(=O)c2[nH]c3ccc(N(C)C)cc3c2-c2ccccc2)ccc1OC(=O)c1ccc(Cl)cc1. The first-order valence-corrected chi connectivity index (χ1v) is 13.7. The van der Waals surface area contributed by atoms with Gasteiger partial charge >= 0.3 is 5.97 Å². The van der Waals surface area contributed by atoms with Crippen molar-refractivity contribution in [3.05, 3.63) is 113 Å². The number of halogens is 1. The molecule has 0 saturated heterocycles. The number of hydrogen-bond acceptors (Lipinski definition) is 6. The Morgan fingerprint density at radius 1 is 0.952 bits per heavy atom. The molecule has 9 heteroatoms. The number of fused-ring (bicyclic) bond motifs is 1. The predicted octanol–water partition coefficient (Wildman–Crippen LogP) is 6.94. The molecule has 0 fully saturated rings. The normalized spacial score (nSPS) is 11.0. The number of nitrogens with zero attached hydrogens (tertiary/aromatic N) is 2. The molecule has 0 aliphatic rings. The number of nitrogens with one attached hydrogen (secondary N) is 2. The van der Waals surface area contributed by atoms with Crippen molar-refractivity contribution >= 4 is 46.3 Å². The van der Waals surface area contributed by atoms with E-state index in [-0.39, 0.29) is 11.7 Å². The number of hydrazone groups is 1. The van der Waals surface area contributed by atoms with Gasteiger partial charge in [-0.1, -0.05) is 41.9 Å². The number of H-pyrrole nitrogens is 1. The van der Waals surface area contributed by atoms with Crippen LogP contribution in [0.5, 0.6) is 11.5 Å². The van der Waals surface area contributed by atoms with Crippen LogP contribution in [0.4, 0.5) is 5.69 Å². The molecule has 42 heavy (non-hydrogen) atoms. The number of hydrogen-bond donors (Lipinski definition) is 2. The fraction of sp³-hybridized carbons (Fsp3) is 0.121. The average Bonchev–Trinajstić information content (AvgIpc) is 3.38. The van der Waals surface area contributed by atoms with Crippen molar-refractivity contribution < 1.29 is 19.1 Å². The number of carbonyl (C=O) groups excluding carboxylic acids is 2. The Morgan fingerprint density at radius 3 is 2.43 bits per heavy atom. The largest absolute Gasteiger partial charge is 0.490 e. The maximum atomic E-state index is 13.4. The zero-order chi connectivity index (χ0) is 29.6. The third-order valence-corrected chi connectivity index (χ3v) is 6.77. The van der Waals surface area contributed by atoms with E-state index in [1.165, 1.54) is 6.21 Å². The van der Waals surface area contributed by atoms with E-state index in [1.807, 2.05) is 68.4 Å². The van der Waals surface area contributed by atoms with Gasteiger partial charge < -0.3 is 19.4 Å². The van der Waals surface area contributed by atoms with Crippen molar-refractivity contribution in [1.29, 1.82) is 0 Å². The minimum absolute atomic E-state index is 0.264. The molecule has 5 aromatic rings. The molecule has 0 unspecified atom stereocenters. The highest BCUT2D eigenvalue weighted by Gasteiger charge is 2.20. The van der Waals surface area contributed by atoms with Crippen molar-refractivity contribution in [3.63, 3.8) is 0 Å². The van der Waals surface area contributed by atoms with Crippen LogP contribution in [0.1, 0.15) is 33.3 Å². The Labute approximate surface area is 248 Å². The highest BCUT2D eigenvalue weighted by molar-refractivity contribution is 6.30. The van der Waals surface area contributed by atoms with Crippen LogP contribution in [0, 0.1) is 0 Å². The molecule has 4 aromatic carbocycles. The van der Waals surface area contributed by atoms with Crippen LogP contribution in [-0.2, 0) is 0 Å². The number of carbonyl (C=O) groups is 2. The van der Waals surface area contributed by atoms with E-state index in [0.29, 0.717) is 34.2 Å². The van der Waals surface area contributed by atoms with Crippen LogP contribution < -0.4 is 19.8 Å². The molecule has 0 spiro atoms. The Bertz CT molecular complexity index is 1760. The third kappa shape index (κ3) is 6.29. The van der Waals surface area contributed by atoms with E-state index in [9.17, 15) is 9.59 Å². The summed E-state index contributed by atoms with van der Waals surface area (Å²) in [6.45, 7) is 2.19. The number of anilines is 1. The van der Waals surface area contributed by atoms with Crippen molar-refractivity contribution in [3.8, 4) is 22.6 Å². The maximum Gasteiger partial charge on any atom is 0.343 e. The molecule has 0 bridgehead atoms. The Balaban J connectivity index is 1.37. The van der Waals surface area contributed by atoms with Gasteiger partial charge in [-0.2, -0.15) is 5.10 Å². The average molecular weight is 581 g/mol. The fourth-order valence-electron chi connectivity index (χ4n) is 4.46. The second-order valence-electron chi connectivity index (χ2n) is 9.60. The van der Waals surface area contributed by atoms with Crippen molar-refractivity contribution in [2.75, 3.05) is 25.6 Å². The standard InChI is InChI=1S/C33H29ClN4O4/c1-4-41-29-18-21(10-17-28(29)42-33(40)23-11-13-24(34)14-12-23)20-35-37-32(39)31-30(22-8-6-5-7-9-22)26-19-25(38(2)3)15-16-27(26)36-31/h5-20,36H,4H2,1-3H3,(H,37,39). The van der Waals surface area contributed by atoms with Crippen LogP contribution in [0.15, 0.2) is 96.1 Å². The second kappa shape index (κ2) is 12.6. The van der Waals surface area contributed by atoms with Crippen molar-refractivity contribution in [2.45, 2.75) is 6.92 Å². The second-order valence-corrected chi connectivity index (χ2v) is 10.0. The van der Waals surface area contributed by atoms with E-state index in [1.54, 1.807) is 42.5 Å². The highest BCUT2D eigenvalue weighted by Crippen LogP contribution is 2.35. The lowest BCUT2D eigenvalue weighted by Crippen LogP contribution is -2.18. The van der Waals surface area contributed by atoms with Gasteiger partial charge in [0.2, 0.25) is 0 Å². The molecule has 212 valence electrons. The van der Waals surface area contributed by atoms with Crippen LogP contribution in [-0.4, -0.2) is 43.8 Å². The minimum atomic E-state index is -0.536. The van der Waals surface area contributed by atoms with Gasteiger partial charge in [0.15, 0.2) is 11.5 Å². The van der Waals surface area contributed by atoms with Crippen LogP contribution >= 0.6 is 11.6 Å².